The first-order valence-electron chi connectivity index (χ1n) is 12.3. The van der Waals surface area contributed by atoms with Crippen molar-refractivity contribution in [3.05, 3.63) is 92.9 Å². The second kappa shape index (κ2) is 11.7. The van der Waals surface area contributed by atoms with Crippen LogP contribution in [0.3, 0.4) is 0 Å². The molecule has 0 spiro atoms. The van der Waals surface area contributed by atoms with Crippen molar-refractivity contribution in [2.24, 2.45) is 0 Å². The van der Waals surface area contributed by atoms with Crippen LogP contribution >= 0.6 is 0 Å². The van der Waals surface area contributed by atoms with Crippen molar-refractivity contribution in [1.82, 2.24) is 31.0 Å². The molecule has 1 fully saturated rings. The lowest BCUT2D eigenvalue weighted by molar-refractivity contribution is -0.137. The van der Waals surface area contributed by atoms with Crippen LogP contribution in [-0.2, 0) is 27.3 Å². The molecule has 1 aromatic heterocycles. The Morgan fingerprint density at radius 3 is 2.34 bits per heavy atom. The predicted octanol–water partition coefficient (Wildman–Crippen LogP) is 2.27. The number of pyridine rings is 1. The number of sulfone groups is 1. The summed E-state index contributed by atoms with van der Waals surface area (Å²) in [7, 11) is -0.111. The van der Waals surface area contributed by atoms with Gasteiger partial charge in [0, 0.05) is 43.8 Å². The molecule has 3 N–H and O–H groups in total. The number of amides is 1. The van der Waals surface area contributed by atoms with Crippen LogP contribution in [0.4, 0.5) is 13.2 Å². The average molecular weight is 595 g/mol. The summed E-state index contributed by atoms with van der Waals surface area (Å²) in [5, 5.41) is 5.79. The normalized spacial score (nSPS) is 16.7. The lowest BCUT2D eigenvalue weighted by Crippen LogP contribution is -2.51. The number of carbonyl (C=O) groups excluding carboxylic acids is 1. The highest BCUT2D eigenvalue weighted by Gasteiger charge is 2.36. The number of aromatic nitrogens is 1. The number of rotatable bonds is 8. The molecule has 4 rings (SSSR count). The lowest BCUT2D eigenvalue weighted by Gasteiger charge is -2.29. The Kier molecular flexibility index (Phi) is 8.67. The van der Waals surface area contributed by atoms with Gasteiger partial charge in [-0.1, -0.05) is 18.2 Å². The number of nitrogens with zero attached hydrogens (tertiary/aromatic N) is 3. The summed E-state index contributed by atoms with van der Waals surface area (Å²) >= 11 is 0. The predicted molar refractivity (Wildman–Crippen MR) is 143 cm³/mol. The van der Waals surface area contributed by atoms with E-state index in [1.54, 1.807) is 31.3 Å². The molecule has 1 unspecified atom stereocenters. The Morgan fingerprint density at radius 2 is 1.76 bits per heavy atom. The summed E-state index contributed by atoms with van der Waals surface area (Å²) in [4.78, 5) is 27.1. The molecule has 41 heavy (non-hydrogen) atoms. The maximum Gasteiger partial charge on any atom is 0.416 e. The van der Waals surface area contributed by atoms with Gasteiger partial charge in [0.25, 0.3) is 11.5 Å². The van der Waals surface area contributed by atoms with E-state index in [9.17, 15) is 31.2 Å². The molecular weight excluding hydrogens is 565 g/mol. The van der Waals surface area contributed by atoms with Crippen LogP contribution in [0.5, 0.6) is 0 Å². The molecule has 11 nitrogen and oxygen atoms in total. The SMILES string of the molecule is CNN1COC(c2cc(C(=O)NCc3ccc(S(C)(=O)=O)cc3)c(=O)n(-c3cccc(C(F)(F)F)c3)c2C)N1NC. The van der Waals surface area contributed by atoms with Gasteiger partial charge in [-0.15, -0.1) is 10.2 Å². The van der Waals surface area contributed by atoms with Crippen molar-refractivity contribution in [3.63, 3.8) is 0 Å². The van der Waals surface area contributed by atoms with E-state index < -0.39 is 39.3 Å². The molecule has 0 radical (unpaired) electrons. The molecule has 0 bridgehead atoms. The second-order valence-electron chi connectivity index (χ2n) is 9.23. The Bertz CT molecular complexity index is 1610. The fourth-order valence-electron chi connectivity index (χ4n) is 4.43. The highest BCUT2D eigenvalue weighted by molar-refractivity contribution is 7.90. The molecule has 1 aliphatic rings. The third kappa shape index (κ3) is 6.34. The Labute approximate surface area is 234 Å². The summed E-state index contributed by atoms with van der Waals surface area (Å²) in [5.74, 6) is -0.774. The fraction of sp³-hybridized carbons (Fsp3) is 0.308. The summed E-state index contributed by atoms with van der Waals surface area (Å²) in [5.41, 5.74) is 4.89. The van der Waals surface area contributed by atoms with Crippen LogP contribution in [-0.4, -0.2) is 56.2 Å². The third-order valence-electron chi connectivity index (χ3n) is 6.56. The number of hydrazine groups is 3. The Balaban J connectivity index is 1.78. The van der Waals surface area contributed by atoms with Gasteiger partial charge in [0.15, 0.2) is 16.1 Å². The number of benzene rings is 2. The number of hydrogen-bond acceptors (Lipinski definition) is 9. The van der Waals surface area contributed by atoms with Gasteiger partial charge in [-0.05, 0) is 48.9 Å². The molecular formula is C26H29F3N6O5S. The molecule has 2 heterocycles. The van der Waals surface area contributed by atoms with Crippen LogP contribution in [0.15, 0.2) is 64.3 Å². The second-order valence-corrected chi connectivity index (χ2v) is 11.2. The highest BCUT2D eigenvalue weighted by Crippen LogP contribution is 2.33. The van der Waals surface area contributed by atoms with Crippen LogP contribution in [0.25, 0.3) is 5.69 Å². The van der Waals surface area contributed by atoms with Gasteiger partial charge in [-0.25, -0.2) is 19.3 Å². The maximum absolute atomic E-state index is 13.7. The molecule has 1 saturated heterocycles. The first-order chi connectivity index (χ1) is 19.3. The van der Waals surface area contributed by atoms with Gasteiger partial charge < -0.3 is 10.1 Å². The van der Waals surface area contributed by atoms with Gasteiger partial charge in [0.05, 0.1) is 10.5 Å². The summed E-state index contributed by atoms with van der Waals surface area (Å²) < 4.78 is 70.9. The van der Waals surface area contributed by atoms with Crippen LogP contribution in [0, 0.1) is 6.92 Å². The molecule has 220 valence electrons. The lowest BCUT2D eigenvalue weighted by atomic mass is 10.1. The van der Waals surface area contributed by atoms with Gasteiger partial charge in [0.2, 0.25) is 0 Å². The standard InChI is InChI=1S/C26H29F3N6O5S/c1-16-21(25-35(31-3)33(30-2)15-40-25)13-22(23(36)32-14-17-8-10-20(11-9-17)41(4,38)39)24(37)34(16)19-7-5-6-18(12-19)26(27,28)29/h5-13,25,30-31H,14-15H2,1-4H3,(H,32,36). The van der Waals surface area contributed by atoms with E-state index in [2.05, 4.69) is 16.2 Å². The van der Waals surface area contributed by atoms with E-state index in [1.807, 2.05) is 0 Å². The summed E-state index contributed by atoms with van der Waals surface area (Å²) in [6, 6.07) is 11.5. The summed E-state index contributed by atoms with van der Waals surface area (Å²) in [6.07, 6.45) is -4.42. The largest absolute Gasteiger partial charge is 0.416 e. The monoisotopic (exact) mass is 594 g/mol. The van der Waals surface area contributed by atoms with Crippen LogP contribution in [0.2, 0.25) is 0 Å². The van der Waals surface area contributed by atoms with Crippen molar-refractivity contribution in [2.75, 3.05) is 27.1 Å². The van der Waals surface area contributed by atoms with Crippen molar-refractivity contribution in [1.29, 1.82) is 0 Å². The molecule has 1 aliphatic heterocycles. The van der Waals surface area contributed by atoms with E-state index in [-0.39, 0.29) is 35.1 Å². The molecule has 0 saturated carbocycles. The van der Waals surface area contributed by atoms with Gasteiger partial charge in [-0.3, -0.25) is 14.2 Å². The first kappa shape index (κ1) is 30.4. The fourth-order valence-corrected chi connectivity index (χ4v) is 5.06. The minimum atomic E-state index is -4.65. The van der Waals surface area contributed by atoms with Gasteiger partial charge >= 0.3 is 6.18 Å². The van der Waals surface area contributed by atoms with E-state index in [0.717, 1.165) is 23.0 Å². The van der Waals surface area contributed by atoms with Crippen molar-refractivity contribution in [2.45, 2.75) is 30.8 Å². The average Bonchev–Trinajstić information content (AvgIpc) is 3.34. The Morgan fingerprint density at radius 1 is 1.07 bits per heavy atom. The molecule has 2 aromatic carbocycles. The molecule has 1 atom stereocenters. The number of nitrogens with one attached hydrogen (secondary N) is 3. The van der Waals surface area contributed by atoms with E-state index in [1.165, 1.54) is 42.5 Å². The molecule has 0 aliphatic carbocycles. The number of halogens is 3. The molecule has 15 heteroatoms. The number of hydrogen-bond donors (Lipinski definition) is 3. The van der Waals surface area contributed by atoms with E-state index in [4.69, 9.17) is 4.74 Å². The zero-order valence-corrected chi connectivity index (χ0v) is 23.4. The maximum atomic E-state index is 13.7. The van der Waals surface area contributed by atoms with Crippen LogP contribution in [0.1, 0.15) is 39.0 Å². The van der Waals surface area contributed by atoms with Gasteiger partial charge in [0.1, 0.15) is 12.3 Å². The smallest absolute Gasteiger partial charge is 0.348 e. The van der Waals surface area contributed by atoms with Crippen molar-refractivity contribution in [3.8, 4) is 5.69 Å². The highest BCUT2D eigenvalue weighted by atomic mass is 32.2. The van der Waals surface area contributed by atoms with Crippen molar-refractivity contribution >= 4 is 15.7 Å². The van der Waals surface area contributed by atoms with E-state index in [0.29, 0.717) is 11.1 Å². The minimum absolute atomic E-state index is 0.0365. The van der Waals surface area contributed by atoms with E-state index >= 15 is 0 Å². The zero-order chi connectivity index (χ0) is 30.1. The first-order valence-corrected chi connectivity index (χ1v) is 14.2. The number of carbonyl (C=O) groups is 1. The topological polar surface area (TPSA) is 125 Å². The van der Waals surface area contributed by atoms with Crippen LogP contribution < -0.4 is 21.7 Å². The van der Waals surface area contributed by atoms with Crippen molar-refractivity contribution < 1.29 is 31.1 Å². The zero-order valence-electron chi connectivity index (χ0n) is 22.6. The molecule has 1 amide bonds. The minimum Gasteiger partial charge on any atom is -0.348 e. The number of ether oxygens (including phenoxy) is 1. The van der Waals surface area contributed by atoms with Gasteiger partial charge in [-0.2, -0.15) is 13.2 Å². The third-order valence-corrected chi connectivity index (χ3v) is 7.69. The number of alkyl halides is 3. The Hall–Kier alpha value is -3.60. The summed E-state index contributed by atoms with van der Waals surface area (Å²) in [6.45, 7) is 1.61. The quantitative estimate of drug-likeness (QED) is 0.360. The molecule has 3 aromatic rings.